The minimum atomic E-state index is 0.0622. The van der Waals surface area contributed by atoms with Crippen molar-refractivity contribution in [1.29, 1.82) is 0 Å². The van der Waals surface area contributed by atoms with E-state index in [1.165, 1.54) is 30.4 Å². The number of nitrogens with one attached hydrogen (secondary N) is 2. The highest BCUT2D eigenvalue weighted by molar-refractivity contribution is 5.84. The number of hydrogen-bond acceptors (Lipinski definition) is 6. The van der Waals surface area contributed by atoms with Gasteiger partial charge in [0.05, 0.1) is 12.9 Å². The molecular weight excluding hydrogens is 500 g/mol. The lowest BCUT2D eigenvalue weighted by Gasteiger charge is -2.36. The summed E-state index contributed by atoms with van der Waals surface area (Å²) in [6.07, 6.45) is 8.63. The zero-order chi connectivity index (χ0) is 27.1. The molecule has 2 aromatic carbocycles. The van der Waals surface area contributed by atoms with Crippen LogP contribution in [0.15, 0.2) is 67.0 Å². The van der Waals surface area contributed by atoms with E-state index < -0.39 is 0 Å². The van der Waals surface area contributed by atoms with Gasteiger partial charge in [0.25, 0.3) is 0 Å². The summed E-state index contributed by atoms with van der Waals surface area (Å²) in [7, 11) is 0. The van der Waals surface area contributed by atoms with E-state index in [9.17, 15) is 4.79 Å². The number of urea groups is 1. The zero-order valence-electron chi connectivity index (χ0n) is 23.0. The molecule has 40 heavy (non-hydrogen) atoms. The number of fused-ring (bicyclic) bond motifs is 1. The number of carbonyl (C=O) groups is 1. The Balaban J connectivity index is 1.19. The van der Waals surface area contributed by atoms with Crippen LogP contribution in [0.1, 0.15) is 43.2 Å². The van der Waals surface area contributed by atoms with Gasteiger partial charge in [-0.1, -0.05) is 79.9 Å². The van der Waals surface area contributed by atoms with E-state index >= 15 is 0 Å². The first-order valence-corrected chi connectivity index (χ1v) is 14.6. The molecule has 1 aliphatic carbocycles. The molecule has 2 aliphatic rings. The van der Waals surface area contributed by atoms with Gasteiger partial charge in [0.15, 0.2) is 17.0 Å². The highest BCUT2D eigenvalue weighted by Gasteiger charge is 2.26. The van der Waals surface area contributed by atoms with E-state index in [1.807, 2.05) is 23.4 Å². The van der Waals surface area contributed by atoms with Crippen LogP contribution < -0.4 is 15.5 Å². The average molecular weight is 539 g/mol. The molecule has 1 aliphatic heterocycles. The first-order chi connectivity index (χ1) is 19.7. The molecule has 2 N–H and O–H groups in total. The van der Waals surface area contributed by atoms with Crippen LogP contribution in [0.2, 0.25) is 0 Å². The molecule has 2 fully saturated rings. The second-order valence-corrected chi connectivity index (χ2v) is 10.8. The molecule has 0 radical (unpaired) electrons. The van der Waals surface area contributed by atoms with Crippen LogP contribution in [0.5, 0.6) is 0 Å². The molecule has 9 nitrogen and oxygen atoms in total. The fraction of sp³-hybridized carbons (Fsp3) is 0.419. The van der Waals surface area contributed by atoms with Gasteiger partial charge in [0.1, 0.15) is 0 Å². The number of amides is 2. The van der Waals surface area contributed by atoms with Crippen molar-refractivity contribution < 1.29 is 4.79 Å². The molecule has 1 saturated carbocycles. The largest absolute Gasteiger partial charge is 0.368 e. The number of piperazine rings is 1. The molecule has 0 bridgehead atoms. The molecule has 6 rings (SSSR count). The van der Waals surface area contributed by atoms with E-state index in [-0.39, 0.29) is 6.03 Å². The van der Waals surface area contributed by atoms with Gasteiger partial charge in [-0.2, -0.15) is 9.97 Å². The topological polar surface area (TPSA) is 91.2 Å². The lowest BCUT2D eigenvalue weighted by atomic mass is 9.96. The number of anilines is 2. The molecule has 3 heterocycles. The quantitative estimate of drug-likeness (QED) is 0.338. The van der Waals surface area contributed by atoms with Crippen LogP contribution >= 0.6 is 0 Å². The predicted octanol–water partition coefficient (Wildman–Crippen LogP) is 4.69. The first-order valence-electron chi connectivity index (χ1n) is 14.6. The number of carbonyl (C=O) groups excluding carboxylic acids is 1. The summed E-state index contributed by atoms with van der Waals surface area (Å²) in [5, 5.41) is 6.79. The van der Waals surface area contributed by atoms with Crippen LogP contribution in [0.4, 0.5) is 16.6 Å². The minimum Gasteiger partial charge on any atom is -0.368 e. The Morgan fingerprint density at radius 2 is 1.55 bits per heavy atom. The third-order valence-corrected chi connectivity index (χ3v) is 7.98. The van der Waals surface area contributed by atoms with Crippen molar-refractivity contribution in [2.75, 3.05) is 42.9 Å². The Hall–Kier alpha value is -4.14. The van der Waals surface area contributed by atoms with Crippen LogP contribution in [0.3, 0.4) is 0 Å². The molecule has 0 spiro atoms. The van der Waals surface area contributed by atoms with Crippen molar-refractivity contribution in [3.05, 3.63) is 78.1 Å². The summed E-state index contributed by atoms with van der Waals surface area (Å²) in [4.78, 5) is 31.7. The molecule has 9 heteroatoms. The summed E-state index contributed by atoms with van der Waals surface area (Å²) in [6.45, 7) is 4.13. The maximum Gasteiger partial charge on any atom is 0.317 e. The van der Waals surface area contributed by atoms with Crippen LogP contribution in [-0.2, 0) is 13.0 Å². The van der Waals surface area contributed by atoms with Gasteiger partial charge in [0, 0.05) is 38.8 Å². The van der Waals surface area contributed by atoms with E-state index in [0.717, 1.165) is 42.8 Å². The second-order valence-electron chi connectivity index (χ2n) is 10.8. The standard InChI is InChI=1S/C31H38N8O/c40-31(34-26-14-8-3-9-15-26)38-20-18-37(19-21-38)30-35-28(32-17-16-24-10-4-1-5-11-24)27-29(36-30)39(23-33-27)22-25-12-6-2-7-13-25/h1-2,4-7,10-13,23,26H,3,8-9,14-22H2,(H,34,40)(H,32,35,36). The number of aromatic nitrogens is 4. The fourth-order valence-corrected chi connectivity index (χ4v) is 5.69. The normalized spacial score (nSPS) is 16.3. The molecule has 4 aromatic rings. The van der Waals surface area contributed by atoms with Crippen LogP contribution in [0.25, 0.3) is 11.2 Å². The number of imidazole rings is 1. The maximum atomic E-state index is 12.9. The molecule has 0 atom stereocenters. The minimum absolute atomic E-state index is 0.0622. The third kappa shape index (κ3) is 6.19. The highest BCUT2D eigenvalue weighted by atomic mass is 16.2. The number of hydrogen-bond donors (Lipinski definition) is 2. The van der Waals surface area contributed by atoms with Gasteiger partial charge in [-0.05, 0) is 30.4 Å². The molecule has 2 aromatic heterocycles. The predicted molar refractivity (Wildman–Crippen MR) is 159 cm³/mol. The first kappa shape index (κ1) is 26.1. The Morgan fingerprint density at radius 3 is 2.27 bits per heavy atom. The van der Waals surface area contributed by atoms with Gasteiger partial charge in [-0.15, -0.1) is 0 Å². The smallest absolute Gasteiger partial charge is 0.317 e. The molecule has 1 saturated heterocycles. The number of nitrogens with zero attached hydrogens (tertiary/aromatic N) is 6. The summed E-state index contributed by atoms with van der Waals surface area (Å²) in [5.74, 6) is 1.43. The Bertz CT molecular complexity index is 1390. The Morgan fingerprint density at radius 1 is 0.850 bits per heavy atom. The zero-order valence-corrected chi connectivity index (χ0v) is 23.0. The molecule has 208 valence electrons. The SMILES string of the molecule is O=C(NC1CCCCC1)N1CCN(c2nc(NCCc3ccccc3)c3ncn(Cc4ccccc4)c3n2)CC1. The van der Waals surface area contributed by atoms with Crippen molar-refractivity contribution in [1.82, 2.24) is 29.7 Å². The molecule has 2 amide bonds. The lowest BCUT2D eigenvalue weighted by Crippen LogP contribution is -2.54. The summed E-state index contributed by atoms with van der Waals surface area (Å²) in [6, 6.07) is 21.2. The Kier molecular flexibility index (Phi) is 8.07. The van der Waals surface area contributed by atoms with Gasteiger partial charge in [-0.3, -0.25) is 0 Å². The van der Waals surface area contributed by atoms with Crippen molar-refractivity contribution in [3.63, 3.8) is 0 Å². The summed E-state index contributed by atoms with van der Waals surface area (Å²) >= 11 is 0. The van der Waals surface area contributed by atoms with E-state index in [4.69, 9.17) is 15.0 Å². The second kappa shape index (κ2) is 12.4. The lowest BCUT2D eigenvalue weighted by molar-refractivity contribution is 0.186. The average Bonchev–Trinajstić information content (AvgIpc) is 3.41. The monoisotopic (exact) mass is 538 g/mol. The van der Waals surface area contributed by atoms with Gasteiger partial charge >= 0.3 is 6.03 Å². The van der Waals surface area contributed by atoms with E-state index in [2.05, 4.69) is 68.6 Å². The fourth-order valence-electron chi connectivity index (χ4n) is 5.69. The molecular formula is C31H38N8O. The Labute approximate surface area is 235 Å². The number of rotatable bonds is 8. The maximum absolute atomic E-state index is 12.9. The van der Waals surface area contributed by atoms with Gasteiger partial charge < -0.3 is 25.0 Å². The van der Waals surface area contributed by atoms with Crippen molar-refractivity contribution >= 4 is 29.0 Å². The van der Waals surface area contributed by atoms with Crippen molar-refractivity contribution in [3.8, 4) is 0 Å². The third-order valence-electron chi connectivity index (χ3n) is 7.98. The van der Waals surface area contributed by atoms with E-state index in [1.54, 1.807) is 0 Å². The summed E-state index contributed by atoms with van der Waals surface area (Å²) < 4.78 is 2.09. The van der Waals surface area contributed by atoms with Crippen molar-refractivity contribution in [2.45, 2.75) is 51.1 Å². The van der Waals surface area contributed by atoms with E-state index in [0.29, 0.717) is 44.7 Å². The van der Waals surface area contributed by atoms with Crippen LogP contribution in [-0.4, -0.2) is 69.2 Å². The number of benzene rings is 2. The van der Waals surface area contributed by atoms with Crippen molar-refractivity contribution in [2.24, 2.45) is 0 Å². The van der Waals surface area contributed by atoms with Crippen LogP contribution in [0, 0.1) is 0 Å². The van der Waals surface area contributed by atoms with Gasteiger partial charge in [0.2, 0.25) is 5.95 Å². The molecule has 0 unspecified atom stereocenters. The van der Waals surface area contributed by atoms with Gasteiger partial charge in [-0.25, -0.2) is 9.78 Å². The summed E-state index contributed by atoms with van der Waals surface area (Å²) in [5.41, 5.74) is 4.06. The highest BCUT2D eigenvalue weighted by Crippen LogP contribution is 2.25.